The molecule has 0 saturated carbocycles. The maximum absolute atomic E-state index is 13.5. The largest absolute Gasteiger partial charge is 0.457 e. The van der Waals surface area contributed by atoms with Crippen molar-refractivity contribution in [3.63, 3.8) is 0 Å². The van der Waals surface area contributed by atoms with E-state index < -0.39 is 23.6 Å². The molecular formula is C16H12B2F3N5O3. The summed E-state index contributed by atoms with van der Waals surface area (Å²) in [6.07, 6.45) is 2.85. The molecule has 0 unspecified atom stereocenters. The smallest absolute Gasteiger partial charge is 0.387 e. The maximum Gasteiger partial charge on any atom is 0.387 e. The molecule has 0 aliphatic rings. The maximum atomic E-state index is 13.5. The number of benzene rings is 1. The molecule has 13 heteroatoms. The fraction of sp³-hybridized carbons (Fsp3) is 0.250. The summed E-state index contributed by atoms with van der Waals surface area (Å²) < 4.78 is 54.0. The quantitative estimate of drug-likeness (QED) is 0.529. The number of hydrogen-bond acceptors (Lipinski definition) is 7. The van der Waals surface area contributed by atoms with E-state index >= 15 is 0 Å². The Kier molecular flexibility index (Phi) is 6.06. The average molecular weight is 401 g/mol. The van der Waals surface area contributed by atoms with Crippen molar-refractivity contribution in [2.24, 2.45) is 0 Å². The van der Waals surface area contributed by atoms with E-state index in [1.54, 1.807) is 0 Å². The third kappa shape index (κ3) is 5.05. The molecule has 0 aliphatic heterocycles. The van der Waals surface area contributed by atoms with Gasteiger partial charge in [0.25, 0.3) is 0 Å². The first-order valence-corrected chi connectivity index (χ1v) is 8.03. The summed E-state index contributed by atoms with van der Waals surface area (Å²) in [7, 11) is 12.8. The van der Waals surface area contributed by atoms with E-state index in [2.05, 4.69) is 25.0 Å². The molecule has 1 aromatic carbocycles. The van der Waals surface area contributed by atoms with Gasteiger partial charge in [0.2, 0.25) is 0 Å². The number of ether oxygens (including phenoxy) is 3. The van der Waals surface area contributed by atoms with E-state index in [-0.39, 0.29) is 24.0 Å². The van der Waals surface area contributed by atoms with Crippen molar-refractivity contribution in [1.29, 1.82) is 0 Å². The Bertz CT molecular complexity index is 990. The average Bonchev–Trinajstić information content (AvgIpc) is 3.17. The third-order valence-electron chi connectivity index (χ3n) is 3.66. The Labute approximate surface area is 165 Å². The van der Waals surface area contributed by atoms with Crippen molar-refractivity contribution in [3.05, 3.63) is 53.9 Å². The lowest BCUT2D eigenvalue weighted by Gasteiger charge is -2.23. The molecule has 0 atom stereocenters. The fourth-order valence-electron chi connectivity index (χ4n) is 2.18. The van der Waals surface area contributed by atoms with Crippen LogP contribution in [0.3, 0.4) is 0 Å². The second-order valence-corrected chi connectivity index (χ2v) is 5.66. The summed E-state index contributed by atoms with van der Waals surface area (Å²) in [6, 6.07) is 4.82. The number of nitrogens with zero attached hydrogens (tertiary/aromatic N) is 5. The lowest BCUT2D eigenvalue weighted by Crippen LogP contribution is -2.30. The van der Waals surface area contributed by atoms with Gasteiger partial charge >= 0.3 is 12.6 Å². The Hall–Kier alpha value is -3.08. The van der Waals surface area contributed by atoms with Gasteiger partial charge in [0.1, 0.15) is 28.0 Å². The molecule has 3 aromatic rings. The van der Waals surface area contributed by atoms with Crippen molar-refractivity contribution >= 4 is 15.7 Å². The molecule has 0 N–H and O–H groups in total. The van der Waals surface area contributed by atoms with E-state index in [1.807, 2.05) is 0 Å². The first-order valence-electron chi connectivity index (χ1n) is 8.03. The SMILES string of the molecule is [B]C([B])(OC)c1ccnc(OCc2cn(-c3ccc(F)c(OC(F)F)c3)nn2)n1. The molecule has 0 saturated heterocycles. The van der Waals surface area contributed by atoms with Crippen LogP contribution in [0.1, 0.15) is 11.4 Å². The Balaban J connectivity index is 1.71. The minimum Gasteiger partial charge on any atom is -0.457 e. The number of alkyl halides is 2. The van der Waals surface area contributed by atoms with Gasteiger partial charge in [0, 0.05) is 24.8 Å². The predicted octanol–water partition coefficient (Wildman–Crippen LogP) is 1.47. The van der Waals surface area contributed by atoms with Gasteiger partial charge in [-0.2, -0.15) is 13.8 Å². The molecule has 8 nitrogen and oxygen atoms in total. The summed E-state index contributed by atoms with van der Waals surface area (Å²) in [6.45, 7) is -3.23. The number of hydrogen-bond donors (Lipinski definition) is 0. The zero-order valence-electron chi connectivity index (χ0n) is 15.0. The fourth-order valence-corrected chi connectivity index (χ4v) is 2.18. The van der Waals surface area contributed by atoms with E-state index in [4.69, 9.17) is 25.2 Å². The molecular weight excluding hydrogens is 389 g/mol. The zero-order chi connectivity index (χ0) is 21.0. The van der Waals surface area contributed by atoms with Crippen LogP contribution < -0.4 is 9.47 Å². The Morgan fingerprint density at radius 2 is 2.03 bits per heavy atom. The highest BCUT2D eigenvalue weighted by molar-refractivity contribution is 6.38. The van der Waals surface area contributed by atoms with Crippen molar-refractivity contribution in [1.82, 2.24) is 25.0 Å². The van der Waals surface area contributed by atoms with Gasteiger partial charge < -0.3 is 14.2 Å². The van der Waals surface area contributed by atoms with E-state index in [9.17, 15) is 13.2 Å². The van der Waals surface area contributed by atoms with Crippen LogP contribution in [0.2, 0.25) is 0 Å². The lowest BCUT2D eigenvalue weighted by molar-refractivity contribution is -0.0521. The van der Waals surface area contributed by atoms with Gasteiger partial charge in [-0.15, -0.1) is 5.10 Å². The van der Waals surface area contributed by atoms with E-state index in [1.165, 1.54) is 36.3 Å². The highest BCUT2D eigenvalue weighted by Gasteiger charge is 2.21. The number of methoxy groups -OCH3 is 1. The van der Waals surface area contributed by atoms with Crippen molar-refractivity contribution in [3.8, 4) is 17.4 Å². The summed E-state index contributed by atoms with van der Waals surface area (Å²) in [5, 5.41) is 6.12. The highest BCUT2D eigenvalue weighted by Crippen LogP contribution is 2.23. The van der Waals surface area contributed by atoms with Crippen LogP contribution in [0.5, 0.6) is 11.8 Å². The lowest BCUT2D eigenvalue weighted by atomic mass is 9.63. The predicted molar refractivity (Wildman–Crippen MR) is 94.5 cm³/mol. The summed E-state index contributed by atoms with van der Waals surface area (Å²) in [4.78, 5) is 7.98. The topological polar surface area (TPSA) is 84.2 Å². The van der Waals surface area contributed by atoms with Crippen LogP contribution in [-0.4, -0.2) is 54.4 Å². The molecule has 2 aromatic heterocycles. The standard InChI is InChI=1S/C16H12B2F3N5O3/c1-27-16(17,18)13-4-5-22-15(23-13)28-8-9-7-26(25-24-9)10-2-3-11(19)12(6-10)29-14(20)21/h2-7,14H,8H2,1H3. The monoisotopic (exact) mass is 401 g/mol. The molecule has 146 valence electrons. The molecule has 4 radical (unpaired) electrons. The number of aromatic nitrogens is 5. The van der Waals surface area contributed by atoms with Gasteiger partial charge in [0.15, 0.2) is 11.6 Å². The summed E-state index contributed by atoms with van der Waals surface area (Å²) in [5.41, 5.74) is 0.819. The Morgan fingerprint density at radius 3 is 2.76 bits per heavy atom. The van der Waals surface area contributed by atoms with Crippen LogP contribution in [-0.2, 0) is 16.7 Å². The molecule has 29 heavy (non-hydrogen) atoms. The number of halogens is 3. The summed E-state index contributed by atoms with van der Waals surface area (Å²) in [5.74, 6) is -1.54. The Morgan fingerprint density at radius 1 is 1.24 bits per heavy atom. The van der Waals surface area contributed by atoms with E-state index in [0.29, 0.717) is 5.69 Å². The molecule has 0 fully saturated rings. The first kappa shape index (κ1) is 20.6. The summed E-state index contributed by atoms with van der Waals surface area (Å²) >= 11 is 0. The van der Waals surface area contributed by atoms with Gasteiger partial charge in [0.05, 0.1) is 17.6 Å². The molecule has 0 amide bonds. The molecule has 0 aliphatic carbocycles. The van der Waals surface area contributed by atoms with Crippen molar-refractivity contribution < 1.29 is 27.4 Å². The normalized spacial score (nSPS) is 11.6. The zero-order valence-corrected chi connectivity index (χ0v) is 15.0. The van der Waals surface area contributed by atoms with Gasteiger partial charge in [-0.3, -0.25) is 0 Å². The minimum atomic E-state index is -3.16. The van der Waals surface area contributed by atoms with Gasteiger partial charge in [-0.05, 0) is 18.2 Å². The van der Waals surface area contributed by atoms with Crippen molar-refractivity contribution in [2.45, 2.75) is 18.6 Å². The second kappa shape index (κ2) is 8.52. The molecule has 0 spiro atoms. The minimum absolute atomic E-state index is 0.0243. The van der Waals surface area contributed by atoms with E-state index in [0.717, 1.165) is 12.1 Å². The van der Waals surface area contributed by atoms with Crippen LogP contribution in [0.25, 0.3) is 5.69 Å². The van der Waals surface area contributed by atoms with Crippen LogP contribution in [0.4, 0.5) is 13.2 Å². The first-order chi connectivity index (χ1) is 13.8. The number of rotatable bonds is 8. The highest BCUT2D eigenvalue weighted by atomic mass is 19.3. The third-order valence-corrected chi connectivity index (χ3v) is 3.66. The van der Waals surface area contributed by atoms with Crippen molar-refractivity contribution in [2.75, 3.05) is 7.11 Å². The van der Waals surface area contributed by atoms with Gasteiger partial charge in [-0.1, -0.05) is 5.21 Å². The van der Waals surface area contributed by atoms with Crippen LogP contribution >= 0.6 is 0 Å². The van der Waals surface area contributed by atoms with Crippen LogP contribution in [0, 0.1) is 5.82 Å². The van der Waals surface area contributed by atoms with Gasteiger partial charge in [-0.25, -0.2) is 14.1 Å². The molecule has 3 rings (SSSR count). The molecule has 0 bridgehead atoms. The second-order valence-electron chi connectivity index (χ2n) is 5.66. The molecule has 2 heterocycles. The van der Waals surface area contributed by atoms with Crippen LogP contribution in [0.15, 0.2) is 36.7 Å².